The molecule has 114 valence electrons. The number of nitriles is 1. The summed E-state index contributed by atoms with van der Waals surface area (Å²) in [5.41, 5.74) is 0. The van der Waals surface area contributed by atoms with Crippen LogP contribution in [0.2, 0.25) is 0 Å². The maximum Gasteiger partial charge on any atom is 0.371 e. The summed E-state index contributed by atoms with van der Waals surface area (Å²) in [5.74, 6) is -3.81. The molecule has 0 radical (unpaired) electrons. The molecule has 0 aliphatic rings. The Labute approximate surface area is 124 Å². The molecule has 0 bridgehead atoms. The standard InChI is InChI=1S/C15H11F2NO4/c16-11-2-1-10(7-12(11)17)21-6-5-9(8-18)13-3-4-14(22-13)15(19)20/h1-4,7,9H,5-6H2,(H,19,20). The van der Waals surface area contributed by atoms with E-state index in [-0.39, 0.29) is 30.3 Å². The smallest absolute Gasteiger partial charge is 0.371 e. The molecule has 1 aromatic carbocycles. The van der Waals surface area contributed by atoms with Crippen molar-refractivity contribution in [3.63, 3.8) is 0 Å². The van der Waals surface area contributed by atoms with Crippen LogP contribution in [0, 0.1) is 23.0 Å². The van der Waals surface area contributed by atoms with Crippen molar-refractivity contribution in [3.8, 4) is 11.8 Å². The monoisotopic (exact) mass is 307 g/mol. The molecular weight excluding hydrogens is 296 g/mol. The van der Waals surface area contributed by atoms with Gasteiger partial charge in [0.15, 0.2) is 11.6 Å². The predicted octanol–water partition coefficient (Wildman–Crippen LogP) is 3.33. The Bertz CT molecular complexity index is 721. The molecule has 1 heterocycles. The molecule has 7 heteroatoms. The van der Waals surface area contributed by atoms with Crippen molar-refractivity contribution in [3.05, 3.63) is 53.5 Å². The third kappa shape index (κ3) is 3.61. The summed E-state index contributed by atoms with van der Waals surface area (Å²) in [6, 6.07) is 7.77. The number of benzene rings is 1. The summed E-state index contributed by atoms with van der Waals surface area (Å²) in [7, 11) is 0. The summed E-state index contributed by atoms with van der Waals surface area (Å²) in [5, 5.41) is 17.8. The highest BCUT2D eigenvalue weighted by Gasteiger charge is 2.18. The van der Waals surface area contributed by atoms with Crippen molar-refractivity contribution in [1.82, 2.24) is 0 Å². The average Bonchev–Trinajstić information content (AvgIpc) is 2.97. The fourth-order valence-corrected chi connectivity index (χ4v) is 1.79. The number of hydrogen-bond acceptors (Lipinski definition) is 4. The van der Waals surface area contributed by atoms with Crippen LogP contribution in [-0.4, -0.2) is 17.7 Å². The van der Waals surface area contributed by atoms with E-state index in [1.165, 1.54) is 18.2 Å². The van der Waals surface area contributed by atoms with E-state index in [4.69, 9.17) is 19.5 Å². The molecule has 0 spiro atoms. The van der Waals surface area contributed by atoms with E-state index < -0.39 is 23.5 Å². The van der Waals surface area contributed by atoms with Gasteiger partial charge in [-0.15, -0.1) is 0 Å². The molecule has 0 saturated carbocycles. The molecule has 2 rings (SSSR count). The van der Waals surface area contributed by atoms with Crippen LogP contribution < -0.4 is 4.74 Å². The quantitative estimate of drug-likeness (QED) is 0.885. The van der Waals surface area contributed by atoms with E-state index in [0.717, 1.165) is 12.1 Å². The lowest BCUT2D eigenvalue weighted by Crippen LogP contribution is -2.04. The number of ether oxygens (including phenoxy) is 1. The summed E-state index contributed by atoms with van der Waals surface area (Å²) in [6.45, 7) is 0.0619. The Hall–Kier alpha value is -2.88. The zero-order chi connectivity index (χ0) is 16.1. The molecule has 5 nitrogen and oxygen atoms in total. The highest BCUT2D eigenvalue weighted by molar-refractivity contribution is 5.84. The van der Waals surface area contributed by atoms with E-state index in [1.54, 1.807) is 0 Å². The van der Waals surface area contributed by atoms with Crippen LogP contribution in [0.3, 0.4) is 0 Å². The van der Waals surface area contributed by atoms with Gasteiger partial charge in [-0.2, -0.15) is 5.26 Å². The topological polar surface area (TPSA) is 83.5 Å². The predicted molar refractivity (Wildman–Crippen MR) is 70.5 cm³/mol. The third-order valence-electron chi connectivity index (χ3n) is 2.90. The van der Waals surface area contributed by atoms with Crippen LogP contribution in [0.5, 0.6) is 5.75 Å². The number of carboxylic acid groups (broad SMARTS) is 1. The SMILES string of the molecule is N#CC(CCOc1ccc(F)c(F)c1)c1ccc(C(=O)O)o1. The van der Waals surface area contributed by atoms with Gasteiger partial charge in [-0.3, -0.25) is 0 Å². The van der Waals surface area contributed by atoms with Crippen molar-refractivity contribution in [2.45, 2.75) is 12.3 Å². The first-order valence-corrected chi connectivity index (χ1v) is 6.31. The number of rotatable bonds is 6. The maximum absolute atomic E-state index is 13.0. The van der Waals surface area contributed by atoms with E-state index in [0.29, 0.717) is 0 Å². The van der Waals surface area contributed by atoms with Crippen LogP contribution in [0.4, 0.5) is 8.78 Å². The molecular formula is C15H11F2NO4. The molecule has 1 unspecified atom stereocenters. The van der Waals surface area contributed by atoms with Gasteiger partial charge in [-0.1, -0.05) is 0 Å². The van der Waals surface area contributed by atoms with Crippen LogP contribution in [0.1, 0.15) is 28.7 Å². The molecule has 1 atom stereocenters. The first-order chi connectivity index (χ1) is 10.5. The van der Waals surface area contributed by atoms with E-state index in [2.05, 4.69) is 0 Å². The highest BCUT2D eigenvalue weighted by atomic mass is 19.2. The molecule has 0 saturated heterocycles. The summed E-state index contributed by atoms with van der Waals surface area (Å²) < 4.78 is 36.0. The Kier molecular flexibility index (Phi) is 4.73. The van der Waals surface area contributed by atoms with Gasteiger partial charge in [0.2, 0.25) is 5.76 Å². The molecule has 0 fully saturated rings. The second-order valence-electron chi connectivity index (χ2n) is 4.40. The van der Waals surface area contributed by atoms with Gasteiger partial charge >= 0.3 is 5.97 Å². The van der Waals surface area contributed by atoms with Gasteiger partial charge in [0, 0.05) is 12.5 Å². The average molecular weight is 307 g/mol. The van der Waals surface area contributed by atoms with Gasteiger partial charge in [0.05, 0.1) is 12.7 Å². The molecule has 0 aliphatic carbocycles. The fraction of sp³-hybridized carbons (Fsp3) is 0.200. The van der Waals surface area contributed by atoms with Gasteiger partial charge in [-0.25, -0.2) is 13.6 Å². The minimum absolute atomic E-state index is 0.0619. The second-order valence-corrected chi connectivity index (χ2v) is 4.40. The number of furan rings is 1. The molecule has 0 aliphatic heterocycles. The number of nitrogens with zero attached hydrogens (tertiary/aromatic N) is 1. The van der Waals surface area contributed by atoms with Gasteiger partial charge < -0.3 is 14.3 Å². The van der Waals surface area contributed by atoms with E-state index in [1.807, 2.05) is 6.07 Å². The third-order valence-corrected chi connectivity index (χ3v) is 2.90. The van der Waals surface area contributed by atoms with Crippen LogP contribution in [0.25, 0.3) is 0 Å². The lowest BCUT2D eigenvalue weighted by Gasteiger charge is -2.09. The molecule has 1 N–H and O–H groups in total. The summed E-state index contributed by atoms with van der Waals surface area (Å²) >= 11 is 0. The van der Waals surface area contributed by atoms with Crippen LogP contribution >= 0.6 is 0 Å². The molecule has 0 amide bonds. The fourth-order valence-electron chi connectivity index (χ4n) is 1.79. The molecule has 1 aromatic heterocycles. The second kappa shape index (κ2) is 6.72. The van der Waals surface area contributed by atoms with Gasteiger partial charge in [-0.05, 0) is 24.3 Å². The van der Waals surface area contributed by atoms with Gasteiger partial charge in [0.1, 0.15) is 17.4 Å². The minimum Gasteiger partial charge on any atom is -0.493 e. The molecule has 22 heavy (non-hydrogen) atoms. The highest BCUT2D eigenvalue weighted by Crippen LogP contribution is 2.23. The number of aromatic carboxylic acids is 1. The lowest BCUT2D eigenvalue weighted by molar-refractivity contribution is 0.0660. The Morgan fingerprint density at radius 2 is 2.09 bits per heavy atom. The Balaban J connectivity index is 1.94. The normalized spacial score (nSPS) is 11.7. The largest absolute Gasteiger partial charge is 0.493 e. The number of halogens is 2. The van der Waals surface area contributed by atoms with Crippen LogP contribution in [0.15, 0.2) is 34.7 Å². The van der Waals surface area contributed by atoms with Crippen molar-refractivity contribution in [2.75, 3.05) is 6.61 Å². The lowest BCUT2D eigenvalue weighted by atomic mass is 10.1. The minimum atomic E-state index is -1.22. The zero-order valence-electron chi connectivity index (χ0n) is 11.3. The van der Waals surface area contributed by atoms with Crippen molar-refractivity contribution < 1.29 is 27.8 Å². The van der Waals surface area contributed by atoms with E-state index >= 15 is 0 Å². The van der Waals surface area contributed by atoms with Crippen molar-refractivity contribution in [1.29, 1.82) is 5.26 Å². The maximum atomic E-state index is 13.0. The van der Waals surface area contributed by atoms with Gasteiger partial charge in [0.25, 0.3) is 0 Å². The Morgan fingerprint density at radius 3 is 2.68 bits per heavy atom. The van der Waals surface area contributed by atoms with E-state index in [9.17, 15) is 13.6 Å². The van der Waals surface area contributed by atoms with Crippen molar-refractivity contribution >= 4 is 5.97 Å². The summed E-state index contributed by atoms with van der Waals surface area (Å²) in [6.07, 6.45) is 0.210. The Morgan fingerprint density at radius 1 is 1.32 bits per heavy atom. The first-order valence-electron chi connectivity index (χ1n) is 6.31. The number of carboxylic acids is 1. The number of carbonyl (C=O) groups is 1. The zero-order valence-corrected chi connectivity index (χ0v) is 11.3. The van der Waals surface area contributed by atoms with Crippen LogP contribution in [-0.2, 0) is 0 Å². The first kappa shape index (κ1) is 15.5. The summed E-state index contributed by atoms with van der Waals surface area (Å²) in [4.78, 5) is 10.7. The van der Waals surface area contributed by atoms with Crippen molar-refractivity contribution in [2.24, 2.45) is 0 Å². The number of hydrogen-bond donors (Lipinski definition) is 1. The molecule has 2 aromatic rings.